The molecule has 0 spiro atoms. The predicted molar refractivity (Wildman–Crippen MR) is 36.1 cm³/mol. The van der Waals surface area contributed by atoms with Gasteiger partial charge >= 0.3 is 5.97 Å². The number of rotatable bonds is 1. The van der Waals surface area contributed by atoms with Crippen LogP contribution in [0.3, 0.4) is 0 Å². The molecule has 0 atom stereocenters. The number of allylic oxidation sites excluding steroid dienone is 3. The van der Waals surface area contributed by atoms with Gasteiger partial charge in [-0.3, -0.25) is 4.79 Å². The van der Waals surface area contributed by atoms with E-state index in [2.05, 4.69) is 0 Å². The largest absolute Gasteiger partial charge is 0.512 e. The summed E-state index contributed by atoms with van der Waals surface area (Å²) in [5.41, 5.74) is -0.275. The van der Waals surface area contributed by atoms with Crippen LogP contribution in [-0.2, 0) is 9.59 Å². The Bertz CT molecular complexity index is 272. The van der Waals surface area contributed by atoms with Crippen LogP contribution >= 0.6 is 0 Å². The maximum absolute atomic E-state index is 10.8. The molecule has 0 amide bonds. The van der Waals surface area contributed by atoms with Gasteiger partial charge in [-0.1, -0.05) is 0 Å². The van der Waals surface area contributed by atoms with Crippen molar-refractivity contribution in [3.8, 4) is 0 Å². The highest BCUT2D eigenvalue weighted by Gasteiger charge is 2.20. The number of carbonyl (C=O) groups is 2. The lowest BCUT2D eigenvalue weighted by Crippen LogP contribution is -2.15. The lowest BCUT2D eigenvalue weighted by atomic mass is 10.0. The number of aliphatic carboxylic acids is 1. The molecule has 1 aliphatic carbocycles. The molecule has 0 aliphatic heterocycles. The van der Waals surface area contributed by atoms with Crippen LogP contribution in [0, 0.1) is 0 Å². The van der Waals surface area contributed by atoms with Crippen molar-refractivity contribution in [2.24, 2.45) is 0 Å². The molecular formula is C7H6O4. The first-order valence-corrected chi connectivity index (χ1v) is 2.97. The quantitative estimate of drug-likeness (QED) is 0.536. The number of Topliss-reactive ketones (excluding diaryl/α,β-unsaturated/α-hetero) is 1. The third kappa shape index (κ3) is 1.46. The van der Waals surface area contributed by atoms with E-state index in [0.717, 1.165) is 6.08 Å². The fourth-order valence-electron chi connectivity index (χ4n) is 0.782. The topological polar surface area (TPSA) is 74.6 Å². The summed E-state index contributed by atoms with van der Waals surface area (Å²) in [5.74, 6) is -1.91. The Kier molecular flexibility index (Phi) is 1.76. The third-order valence-electron chi connectivity index (χ3n) is 1.31. The molecule has 0 bridgehead atoms. The molecule has 0 heterocycles. The van der Waals surface area contributed by atoms with E-state index in [4.69, 9.17) is 10.2 Å². The molecule has 0 aromatic carbocycles. The summed E-state index contributed by atoms with van der Waals surface area (Å²) in [5, 5.41) is 17.2. The number of hydrogen-bond donors (Lipinski definition) is 2. The van der Waals surface area contributed by atoms with Crippen molar-refractivity contribution in [2.75, 3.05) is 0 Å². The Morgan fingerprint density at radius 1 is 1.45 bits per heavy atom. The molecule has 4 nitrogen and oxygen atoms in total. The monoisotopic (exact) mass is 154 g/mol. The number of carbonyl (C=O) groups excluding carboxylic acids is 1. The Labute approximate surface area is 62.5 Å². The van der Waals surface area contributed by atoms with Crippen molar-refractivity contribution in [1.29, 1.82) is 0 Å². The van der Waals surface area contributed by atoms with E-state index < -0.39 is 11.8 Å². The smallest absolute Gasteiger partial charge is 0.339 e. The van der Waals surface area contributed by atoms with E-state index in [1.807, 2.05) is 0 Å². The highest BCUT2D eigenvalue weighted by molar-refractivity contribution is 6.18. The molecule has 58 valence electrons. The summed E-state index contributed by atoms with van der Waals surface area (Å²) in [7, 11) is 0. The van der Waals surface area contributed by atoms with Crippen molar-refractivity contribution in [2.45, 2.75) is 6.42 Å². The van der Waals surface area contributed by atoms with Gasteiger partial charge in [-0.05, 0) is 12.2 Å². The second kappa shape index (κ2) is 2.57. The summed E-state index contributed by atoms with van der Waals surface area (Å²) >= 11 is 0. The first-order valence-electron chi connectivity index (χ1n) is 2.97. The van der Waals surface area contributed by atoms with Crippen LogP contribution in [-0.4, -0.2) is 22.0 Å². The van der Waals surface area contributed by atoms with E-state index >= 15 is 0 Å². The van der Waals surface area contributed by atoms with E-state index in [1.165, 1.54) is 6.08 Å². The summed E-state index contributed by atoms with van der Waals surface area (Å²) in [6.07, 6.45) is 2.10. The normalized spacial score (nSPS) is 17.3. The van der Waals surface area contributed by atoms with Crippen LogP contribution < -0.4 is 0 Å². The molecule has 0 radical (unpaired) electrons. The number of ketones is 1. The standard InChI is InChI=1S/C7H6O4/c8-4-1-2-5(7(10)11)6(9)3-4/h1-2,8H,3H2,(H,10,11). The number of carboxylic acid groups (broad SMARTS) is 1. The minimum absolute atomic E-state index is 0.0972. The number of carboxylic acids is 1. The summed E-state index contributed by atoms with van der Waals surface area (Å²) < 4.78 is 0. The zero-order chi connectivity index (χ0) is 8.43. The predicted octanol–water partition coefficient (Wildman–Crippen LogP) is 0.412. The van der Waals surface area contributed by atoms with E-state index in [0.29, 0.717) is 0 Å². The van der Waals surface area contributed by atoms with Crippen molar-refractivity contribution in [3.05, 3.63) is 23.5 Å². The first kappa shape index (κ1) is 7.53. The lowest BCUT2D eigenvalue weighted by molar-refractivity contribution is -0.134. The third-order valence-corrected chi connectivity index (χ3v) is 1.31. The van der Waals surface area contributed by atoms with Crippen molar-refractivity contribution < 1.29 is 19.8 Å². The van der Waals surface area contributed by atoms with Gasteiger partial charge in [-0.15, -0.1) is 0 Å². The summed E-state index contributed by atoms with van der Waals surface area (Å²) in [4.78, 5) is 21.1. The second-order valence-corrected chi connectivity index (χ2v) is 2.14. The van der Waals surface area contributed by atoms with Crippen LogP contribution in [0.2, 0.25) is 0 Å². The second-order valence-electron chi connectivity index (χ2n) is 2.14. The van der Waals surface area contributed by atoms with Gasteiger partial charge in [0.25, 0.3) is 0 Å². The highest BCUT2D eigenvalue weighted by atomic mass is 16.4. The van der Waals surface area contributed by atoms with Crippen LogP contribution in [0.5, 0.6) is 0 Å². The van der Waals surface area contributed by atoms with Gasteiger partial charge in [0.15, 0.2) is 5.78 Å². The molecule has 0 saturated heterocycles. The first-order chi connectivity index (χ1) is 5.11. The minimum atomic E-state index is -1.25. The number of hydrogen-bond acceptors (Lipinski definition) is 3. The molecule has 0 unspecified atom stereocenters. The fourth-order valence-corrected chi connectivity index (χ4v) is 0.782. The molecule has 0 aromatic heterocycles. The molecule has 0 fully saturated rings. The highest BCUT2D eigenvalue weighted by Crippen LogP contribution is 2.12. The zero-order valence-electron chi connectivity index (χ0n) is 5.57. The fraction of sp³-hybridized carbons (Fsp3) is 0.143. The van der Waals surface area contributed by atoms with Gasteiger partial charge in [0.1, 0.15) is 5.57 Å². The van der Waals surface area contributed by atoms with Crippen molar-refractivity contribution in [1.82, 2.24) is 0 Å². The minimum Gasteiger partial charge on any atom is -0.512 e. The molecule has 0 aromatic rings. The molecule has 0 saturated carbocycles. The van der Waals surface area contributed by atoms with Crippen LogP contribution in [0.25, 0.3) is 0 Å². The maximum atomic E-state index is 10.8. The maximum Gasteiger partial charge on any atom is 0.339 e. The van der Waals surface area contributed by atoms with Gasteiger partial charge in [-0.25, -0.2) is 4.79 Å². The zero-order valence-corrected chi connectivity index (χ0v) is 5.57. The van der Waals surface area contributed by atoms with Gasteiger partial charge in [0.05, 0.1) is 12.2 Å². The molecule has 1 rings (SSSR count). The van der Waals surface area contributed by atoms with Crippen LogP contribution in [0.1, 0.15) is 6.42 Å². The van der Waals surface area contributed by atoms with E-state index in [1.54, 1.807) is 0 Å². The van der Waals surface area contributed by atoms with E-state index in [-0.39, 0.29) is 17.8 Å². The van der Waals surface area contributed by atoms with Gasteiger partial charge in [-0.2, -0.15) is 0 Å². The summed E-state index contributed by atoms with van der Waals surface area (Å²) in [6.45, 7) is 0. The van der Waals surface area contributed by atoms with Gasteiger partial charge < -0.3 is 10.2 Å². The molecular weight excluding hydrogens is 148 g/mol. The Balaban J connectivity index is 2.96. The summed E-state index contributed by atoms with van der Waals surface area (Å²) in [6, 6.07) is 0. The van der Waals surface area contributed by atoms with Gasteiger partial charge in [0.2, 0.25) is 0 Å². The molecule has 4 heteroatoms. The number of aliphatic hydroxyl groups is 1. The van der Waals surface area contributed by atoms with Crippen LogP contribution in [0.4, 0.5) is 0 Å². The SMILES string of the molecule is O=C(O)C1=CC=C(O)CC1=O. The lowest BCUT2D eigenvalue weighted by Gasteiger charge is -2.04. The molecule has 11 heavy (non-hydrogen) atoms. The Hall–Kier alpha value is -1.58. The number of aliphatic hydroxyl groups excluding tert-OH is 1. The van der Waals surface area contributed by atoms with Crippen molar-refractivity contribution in [3.63, 3.8) is 0 Å². The van der Waals surface area contributed by atoms with Gasteiger partial charge in [0, 0.05) is 0 Å². The Morgan fingerprint density at radius 2 is 2.09 bits per heavy atom. The average molecular weight is 154 g/mol. The van der Waals surface area contributed by atoms with Crippen LogP contribution in [0.15, 0.2) is 23.5 Å². The van der Waals surface area contributed by atoms with Crippen molar-refractivity contribution >= 4 is 11.8 Å². The molecule has 2 N–H and O–H groups in total. The average Bonchev–Trinajstić information content (AvgIpc) is 1.85. The Morgan fingerprint density at radius 3 is 2.55 bits per heavy atom. The molecule has 1 aliphatic rings. The van der Waals surface area contributed by atoms with E-state index in [9.17, 15) is 9.59 Å².